The number of aromatic nitrogens is 6. The minimum atomic E-state index is -2.69. The van der Waals surface area contributed by atoms with Crippen molar-refractivity contribution >= 4 is 16.9 Å². The van der Waals surface area contributed by atoms with Crippen LogP contribution in [-0.4, -0.2) is 59.1 Å². The Morgan fingerprint density at radius 1 is 1.09 bits per heavy atom. The van der Waals surface area contributed by atoms with E-state index in [-0.39, 0.29) is 31.8 Å². The summed E-state index contributed by atoms with van der Waals surface area (Å²) >= 11 is 0. The van der Waals surface area contributed by atoms with Gasteiger partial charge in [-0.25, -0.2) is 23.4 Å². The molecule has 1 aliphatic heterocycles. The predicted molar refractivity (Wildman–Crippen MR) is 114 cm³/mol. The number of hydrogen-bond donors (Lipinski definition) is 0. The van der Waals surface area contributed by atoms with E-state index < -0.39 is 5.92 Å². The second-order valence-electron chi connectivity index (χ2n) is 7.98. The van der Waals surface area contributed by atoms with E-state index in [1.165, 1.54) is 11.1 Å². The van der Waals surface area contributed by atoms with Crippen molar-refractivity contribution in [1.29, 1.82) is 0 Å². The van der Waals surface area contributed by atoms with E-state index in [1.54, 1.807) is 16.9 Å². The molecule has 5 rings (SSSR count). The number of pyridine rings is 2. The molecule has 0 radical (unpaired) electrons. The third-order valence-electron chi connectivity index (χ3n) is 5.68. The Morgan fingerprint density at radius 3 is 2.53 bits per heavy atom. The van der Waals surface area contributed by atoms with Gasteiger partial charge >= 0.3 is 0 Å². The number of nitrogens with zero attached hydrogens (tertiary/aromatic N) is 7. The summed E-state index contributed by atoms with van der Waals surface area (Å²) in [4.78, 5) is 27.6. The van der Waals surface area contributed by atoms with Crippen molar-refractivity contribution in [3.8, 4) is 17.2 Å². The molecule has 8 nitrogen and oxygen atoms in total. The Kier molecular flexibility index (Phi) is 4.72. The van der Waals surface area contributed by atoms with Crippen LogP contribution in [0.25, 0.3) is 28.2 Å². The molecule has 10 heteroatoms. The van der Waals surface area contributed by atoms with Crippen LogP contribution in [0.2, 0.25) is 0 Å². The summed E-state index contributed by atoms with van der Waals surface area (Å²) in [6.45, 7) is 1.93. The number of amides is 1. The lowest BCUT2D eigenvalue weighted by Crippen LogP contribution is -2.42. The minimum Gasteiger partial charge on any atom is -0.338 e. The first-order valence-corrected chi connectivity index (χ1v) is 10.3. The Balaban J connectivity index is 1.39. The molecule has 0 spiro atoms. The average molecular weight is 437 g/mol. The summed E-state index contributed by atoms with van der Waals surface area (Å²) in [6, 6.07) is 7.40. The van der Waals surface area contributed by atoms with Crippen molar-refractivity contribution in [2.24, 2.45) is 7.05 Å². The van der Waals surface area contributed by atoms with Crippen molar-refractivity contribution in [2.45, 2.75) is 25.7 Å². The van der Waals surface area contributed by atoms with E-state index in [0.717, 1.165) is 11.1 Å². The Bertz CT molecular complexity index is 1300. The number of hydrogen-bond acceptors (Lipinski definition) is 5. The smallest absolute Gasteiger partial charge is 0.255 e. The van der Waals surface area contributed by atoms with E-state index >= 15 is 0 Å². The largest absolute Gasteiger partial charge is 0.338 e. The highest BCUT2D eigenvalue weighted by atomic mass is 19.3. The molecule has 0 unspecified atom stereocenters. The Morgan fingerprint density at radius 2 is 1.88 bits per heavy atom. The fourth-order valence-electron chi connectivity index (χ4n) is 3.97. The second-order valence-corrected chi connectivity index (χ2v) is 7.98. The third kappa shape index (κ3) is 3.61. The first-order valence-electron chi connectivity index (χ1n) is 10.3. The van der Waals surface area contributed by atoms with Gasteiger partial charge in [0, 0.05) is 50.8 Å². The molecule has 1 fully saturated rings. The van der Waals surface area contributed by atoms with Crippen LogP contribution in [0.3, 0.4) is 0 Å². The van der Waals surface area contributed by atoms with Crippen LogP contribution in [0, 0.1) is 6.92 Å². The number of likely N-dealkylation sites (tertiary alicyclic amines) is 1. The van der Waals surface area contributed by atoms with Crippen molar-refractivity contribution < 1.29 is 13.6 Å². The molecule has 1 aliphatic rings. The average Bonchev–Trinajstić information content (AvgIpc) is 3.35. The molecule has 0 aromatic carbocycles. The Hall–Kier alpha value is -3.69. The molecule has 164 valence electrons. The minimum absolute atomic E-state index is 0.0495. The van der Waals surface area contributed by atoms with Gasteiger partial charge in [-0.2, -0.15) is 5.10 Å². The van der Waals surface area contributed by atoms with Gasteiger partial charge in [0.1, 0.15) is 17.2 Å². The van der Waals surface area contributed by atoms with E-state index in [2.05, 4.69) is 20.1 Å². The van der Waals surface area contributed by atoms with Gasteiger partial charge in [0.2, 0.25) is 0 Å². The van der Waals surface area contributed by atoms with Crippen molar-refractivity contribution in [1.82, 2.24) is 34.2 Å². The highest BCUT2D eigenvalue weighted by Crippen LogP contribution is 2.29. The van der Waals surface area contributed by atoms with Gasteiger partial charge in [-0.3, -0.25) is 14.3 Å². The molecule has 0 saturated carbocycles. The first-order chi connectivity index (χ1) is 15.3. The van der Waals surface area contributed by atoms with E-state index in [0.29, 0.717) is 28.6 Å². The summed E-state index contributed by atoms with van der Waals surface area (Å²) in [5.41, 5.74) is 2.59. The van der Waals surface area contributed by atoms with Gasteiger partial charge in [-0.05, 0) is 31.2 Å². The molecule has 0 aliphatic carbocycles. The van der Waals surface area contributed by atoms with Crippen molar-refractivity contribution in [2.75, 3.05) is 13.1 Å². The van der Waals surface area contributed by atoms with Gasteiger partial charge in [-0.1, -0.05) is 0 Å². The normalized spacial score (nSPS) is 15.9. The molecule has 1 amide bonds. The van der Waals surface area contributed by atoms with E-state index in [4.69, 9.17) is 0 Å². The first kappa shape index (κ1) is 20.2. The molecule has 4 aromatic rings. The summed E-state index contributed by atoms with van der Waals surface area (Å²) in [6.07, 6.45) is 4.48. The van der Waals surface area contributed by atoms with Crippen LogP contribution in [-0.2, 0) is 7.05 Å². The van der Waals surface area contributed by atoms with Crippen LogP contribution in [0.1, 0.15) is 29.0 Å². The fourth-order valence-corrected chi connectivity index (χ4v) is 3.97. The quantitative estimate of drug-likeness (QED) is 0.491. The highest BCUT2D eigenvalue weighted by molar-refractivity contribution is 5.97. The SMILES string of the molecule is Cc1nc(-c2ccc(-n3ccc4cc(C(=O)N5CCC(F)(F)CC5)cnc43)cn2)n(C)n1. The molecule has 0 atom stereocenters. The summed E-state index contributed by atoms with van der Waals surface area (Å²) in [5.74, 6) is -1.60. The maximum Gasteiger partial charge on any atom is 0.255 e. The molecule has 0 bridgehead atoms. The summed E-state index contributed by atoms with van der Waals surface area (Å²) in [7, 11) is 1.82. The number of alkyl halides is 2. The predicted octanol–water partition coefficient (Wildman–Crippen LogP) is 3.40. The van der Waals surface area contributed by atoms with Crippen LogP contribution < -0.4 is 0 Å². The van der Waals surface area contributed by atoms with Gasteiger partial charge in [-0.15, -0.1) is 0 Å². The number of fused-ring (bicyclic) bond motifs is 1. The standard InChI is InChI=1S/C22H21F2N7O/c1-14-27-20(29(2)28-14)18-4-3-17(13-25-18)31-8-5-15-11-16(12-26-19(15)31)21(32)30-9-6-22(23,24)7-10-30/h3-5,8,11-13H,6-7,9-10H2,1-2H3. The van der Waals surface area contributed by atoms with Gasteiger partial charge < -0.3 is 4.90 Å². The van der Waals surface area contributed by atoms with Crippen LogP contribution in [0.4, 0.5) is 8.78 Å². The topological polar surface area (TPSA) is 81.7 Å². The number of aryl methyl sites for hydroxylation is 2. The fraction of sp³-hybridized carbons (Fsp3) is 0.318. The van der Waals surface area contributed by atoms with Crippen LogP contribution >= 0.6 is 0 Å². The second kappa shape index (κ2) is 7.47. The number of carbonyl (C=O) groups is 1. The molecule has 32 heavy (non-hydrogen) atoms. The van der Waals surface area contributed by atoms with Crippen molar-refractivity contribution in [3.63, 3.8) is 0 Å². The van der Waals surface area contributed by atoms with E-state index in [1.807, 2.05) is 42.9 Å². The van der Waals surface area contributed by atoms with Crippen LogP contribution in [0.5, 0.6) is 0 Å². The summed E-state index contributed by atoms with van der Waals surface area (Å²) in [5, 5.41) is 5.03. The number of piperidine rings is 1. The Labute approximate surface area is 182 Å². The zero-order chi connectivity index (χ0) is 22.5. The van der Waals surface area contributed by atoms with Crippen molar-refractivity contribution in [3.05, 3.63) is 54.2 Å². The molecular formula is C22H21F2N7O. The monoisotopic (exact) mass is 437 g/mol. The maximum atomic E-state index is 13.4. The maximum absolute atomic E-state index is 13.4. The third-order valence-corrected chi connectivity index (χ3v) is 5.68. The zero-order valence-electron chi connectivity index (χ0n) is 17.7. The molecule has 5 heterocycles. The molecular weight excluding hydrogens is 416 g/mol. The molecule has 0 N–H and O–H groups in total. The number of halogens is 2. The lowest BCUT2D eigenvalue weighted by molar-refractivity contribution is -0.0494. The number of rotatable bonds is 3. The summed E-state index contributed by atoms with van der Waals surface area (Å²) < 4.78 is 30.3. The van der Waals surface area contributed by atoms with Gasteiger partial charge in [0.05, 0.1) is 17.4 Å². The number of carbonyl (C=O) groups excluding carboxylic acids is 1. The van der Waals surface area contributed by atoms with E-state index in [9.17, 15) is 13.6 Å². The lowest BCUT2D eigenvalue weighted by Gasteiger charge is -2.31. The molecule has 4 aromatic heterocycles. The highest BCUT2D eigenvalue weighted by Gasteiger charge is 2.35. The zero-order valence-corrected chi connectivity index (χ0v) is 17.7. The molecule has 1 saturated heterocycles. The van der Waals surface area contributed by atoms with Gasteiger partial charge in [0.25, 0.3) is 11.8 Å². The van der Waals surface area contributed by atoms with Gasteiger partial charge in [0.15, 0.2) is 5.82 Å². The lowest BCUT2D eigenvalue weighted by atomic mass is 10.1. The van der Waals surface area contributed by atoms with Crippen LogP contribution in [0.15, 0.2) is 42.9 Å².